The van der Waals surface area contributed by atoms with Crippen molar-refractivity contribution in [3.05, 3.63) is 62.2 Å². The highest BCUT2D eigenvalue weighted by atomic mass is 127. The van der Waals surface area contributed by atoms with E-state index in [4.69, 9.17) is 11.6 Å². The van der Waals surface area contributed by atoms with Crippen LogP contribution in [0.1, 0.15) is 29.9 Å². The summed E-state index contributed by atoms with van der Waals surface area (Å²) in [5, 5.41) is 4.38. The number of nitrogens with one attached hydrogen (secondary N) is 1. The number of anilines is 1. The summed E-state index contributed by atoms with van der Waals surface area (Å²) in [6, 6.07) is 14.9. The Bertz CT molecular complexity index is 612. The van der Waals surface area contributed by atoms with Crippen LogP contribution < -0.4 is 5.32 Å². The van der Waals surface area contributed by atoms with Crippen molar-refractivity contribution in [1.82, 2.24) is 0 Å². The standard InChI is InChI=1S/C17H17ClIN/c18-14-8-9-17(16(19)10-14)20-11-13-6-3-5-12-4-1-2-7-15(12)13/h1-2,4,7-10,13,20H,3,5-6,11H2. The number of hydrogen-bond donors (Lipinski definition) is 1. The zero-order valence-corrected chi connectivity index (χ0v) is 14.1. The monoisotopic (exact) mass is 397 g/mol. The maximum Gasteiger partial charge on any atom is 0.0477 e. The average Bonchev–Trinajstić information content (AvgIpc) is 2.46. The lowest BCUT2D eigenvalue weighted by molar-refractivity contribution is 0.571. The van der Waals surface area contributed by atoms with Crippen LogP contribution in [0.5, 0.6) is 0 Å². The zero-order chi connectivity index (χ0) is 13.9. The summed E-state index contributed by atoms with van der Waals surface area (Å²) in [5.41, 5.74) is 4.23. The lowest BCUT2D eigenvalue weighted by Gasteiger charge is -2.26. The van der Waals surface area contributed by atoms with Crippen LogP contribution in [-0.2, 0) is 6.42 Å². The van der Waals surface area contributed by atoms with Crippen LogP contribution in [0.15, 0.2) is 42.5 Å². The Kier molecular flexibility index (Phi) is 4.51. The number of benzene rings is 2. The molecule has 0 radical (unpaired) electrons. The molecule has 104 valence electrons. The smallest absolute Gasteiger partial charge is 0.0477 e. The normalized spacial score (nSPS) is 17.6. The molecule has 0 saturated heterocycles. The fourth-order valence-electron chi connectivity index (χ4n) is 2.93. The zero-order valence-electron chi connectivity index (χ0n) is 11.2. The van der Waals surface area contributed by atoms with Crippen LogP contribution in [0, 0.1) is 3.57 Å². The molecule has 1 atom stereocenters. The maximum atomic E-state index is 6.00. The van der Waals surface area contributed by atoms with Gasteiger partial charge in [0.2, 0.25) is 0 Å². The predicted octanol–water partition coefficient (Wildman–Crippen LogP) is 5.48. The summed E-state index contributed by atoms with van der Waals surface area (Å²) >= 11 is 8.33. The molecule has 0 aliphatic heterocycles. The van der Waals surface area contributed by atoms with E-state index in [-0.39, 0.29) is 0 Å². The molecule has 3 heteroatoms. The van der Waals surface area contributed by atoms with Crippen LogP contribution >= 0.6 is 34.2 Å². The Balaban J connectivity index is 1.73. The van der Waals surface area contributed by atoms with Gasteiger partial charge in [-0.25, -0.2) is 0 Å². The quantitative estimate of drug-likeness (QED) is 0.677. The van der Waals surface area contributed by atoms with E-state index in [0.29, 0.717) is 5.92 Å². The summed E-state index contributed by atoms with van der Waals surface area (Å²) in [5.74, 6) is 0.617. The molecule has 0 aromatic heterocycles. The van der Waals surface area contributed by atoms with Crippen molar-refractivity contribution < 1.29 is 0 Å². The molecule has 1 unspecified atom stereocenters. The molecule has 0 spiro atoms. The van der Waals surface area contributed by atoms with Crippen LogP contribution in [0.25, 0.3) is 0 Å². The van der Waals surface area contributed by atoms with Gasteiger partial charge in [-0.3, -0.25) is 0 Å². The van der Waals surface area contributed by atoms with Gasteiger partial charge in [-0.15, -0.1) is 0 Å². The SMILES string of the molecule is Clc1ccc(NCC2CCCc3ccccc32)c(I)c1. The first-order chi connectivity index (χ1) is 9.74. The lowest BCUT2D eigenvalue weighted by Crippen LogP contribution is -2.18. The molecule has 1 N–H and O–H groups in total. The predicted molar refractivity (Wildman–Crippen MR) is 94.8 cm³/mol. The third kappa shape index (κ3) is 3.12. The third-order valence-corrected chi connectivity index (χ3v) is 5.09. The molecule has 0 heterocycles. The molecule has 0 amide bonds. The number of aryl methyl sites for hydroxylation is 1. The van der Waals surface area contributed by atoms with Crippen molar-refractivity contribution in [1.29, 1.82) is 0 Å². The van der Waals surface area contributed by atoms with Gasteiger partial charge in [-0.1, -0.05) is 35.9 Å². The molecule has 0 fully saturated rings. The molecule has 20 heavy (non-hydrogen) atoms. The van der Waals surface area contributed by atoms with Gasteiger partial charge in [0, 0.05) is 26.7 Å². The highest BCUT2D eigenvalue weighted by Gasteiger charge is 2.19. The Labute approximate surface area is 138 Å². The summed E-state index contributed by atoms with van der Waals surface area (Å²) in [4.78, 5) is 0. The van der Waals surface area contributed by atoms with Crippen molar-refractivity contribution in [3.63, 3.8) is 0 Å². The second-order valence-corrected chi connectivity index (χ2v) is 6.89. The largest absolute Gasteiger partial charge is 0.384 e. The van der Waals surface area contributed by atoms with Crippen LogP contribution in [0.2, 0.25) is 5.02 Å². The van der Waals surface area contributed by atoms with Gasteiger partial charge in [0.05, 0.1) is 0 Å². The van der Waals surface area contributed by atoms with Crippen LogP contribution in [0.3, 0.4) is 0 Å². The molecule has 0 saturated carbocycles. The van der Waals surface area contributed by atoms with E-state index in [1.165, 1.54) is 39.6 Å². The van der Waals surface area contributed by atoms with E-state index < -0.39 is 0 Å². The van der Waals surface area contributed by atoms with Gasteiger partial charge in [0.25, 0.3) is 0 Å². The van der Waals surface area contributed by atoms with Crippen molar-refractivity contribution >= 4 is 39.9 Å². The molecule has 2 aromatic rings. The second kappa shape index (κ2) is 6.35. The summed E-state index contributed by atoms with van der Waals surface area (Å²) in [7, 11) is 0. The molecular weight excluding hydrogens is 381 g/mol. The fraction of sp³-hybridized carbons (Fsp3) is 0.294. The van der Waals surface area contributed by atoms with Crippen molar-refractivity contribution in [2.45, 2.75) is 25.2 Å². The third-order valence-electron chi connectivity index (χ3n) is 3.96. The van der Waals surface area contributed by atoms with Gasteiger partial charge in [0.15, 0.2) is 0 Å². The Morgan fingerprint density at radius 3 is 2.90 bits per heavy atom. The Morgan fingerprint density at radius 1 is 1.20 bits per heavy atom. The minimum Gasteiger partial charge on any atom is -0.384 e. The molecule has 1 aliphatic carbocycles. The second-order valence-electron chi connectivity index (χ2n) is 5.29. The number of hydrogen-bond acceptors (Lipinski definition) is 1. The molecule has 3 rings (SSSR count). The van der Waals surface area contributed by atoms with E-state index >= 15 is 0 Å². The first-order valence-corrected chi connectivity index (χ1v) is 8.46. The summed E-state index contributed by atoms with van der Waals surface area (Å²) < 4.78 is 1.18. The summed E-state index contributed by atoms with van der Waals surface area (Å²) in [6.07, 6.45) is 3.79. The highest BCUT2D eigenvalue weighted by molar-refractivity contribution is 14.1. The van der Waals surface area contributed by atoms with Crippen LogP contribution in [-0.4, -0.2) is 6.54 Å². The fourth-order valence-corrected chi connectivity index (χ4v) is 3.99. The molecule has 1 nitrogen and oxygen atoms in total. The van der Waals surface area contributed by atoms with Gasteiger partial charge in [-0.2, -0.15) is 0 Å². The van der Waals surface area contributed by atoms with E-state index in [1.54, 1.807) is 0 Å². The van der Waals surface area contributed by atoms with Crippen molar-refractivity contribution in [2.24, 2.45) is 0 Å². The maximum absolute atomic E-state index is 6.00. The number of rotatable bonds is 3. The molecule has 0 bridgehead atoms. The van der Waals surface area contributed by atoms with E-state index in [9.17, 15) is 0 Å². The molecule has 1 aliphatic rings. The van der Waals surface area contributed by atoms with E-state index in [0.717, 1.165) is 11.6 Å². The first-order valence-electron chi connectivity index (χ1n) is 7.01. The van der Waals surface area contributed by atoms with Gasteiger partial charge >= 0.3 is 0 Å². The molecular formula is C17H17ClIN. The van der Waals surface area contributed by atoms with E-state index in [2.05, 4.69) is 58.2 Å². The van der Waals surface area contributed by atoms with Crippen molar-refractivity contribution in [3.8, 4) is 0 Å². The minimum absolute atomic E-state index is 0.617. The Morgan fingerprint density at radius 2 is 2.05 bits per heavy atom. The van der Waals surface area contributed by atoms with Crippen LogP contribution in [0.4, 0.5) is 5.69 Å². The van der Waals surface area contributed by atoms with Gasteiger partial charge in [0.1, 0.15) is 0 Å². The lowest BCUT2D eigenvalue weighted by atomic mass is 9.83. The van der Waals surface area contributed by atoms with Gasteiger partial charge in [-0.05, 0) is 71.2 Å². The minimum atomic E-state index is 0.617. The molecule has 2 aromatic carbocycles. The Hall–Kier alpha value is -0.740. The van der Waals surface area contributed by atoms with Crippen molar-refractivity contribution in [2.75, 3.05) is 11.9 Å². The topological polar surface area (TPSA) is 12.0 Å². The highest BCUT2D eigenvalue weighted by Crippen LogP contribution is 2.32. The average molecular weight is 398 g/mol. The first kappa shape index (κ1) is 14.2. The number of halogens is 2. The number of fused-ring (bicyclic) bond motifs is 1. The van der Waals surface area contributed by atoms with E-state index in [1.807, 2.05) is 12.1 Å². The van der Waals surface area contributed by atoms with Gasteiger partial charge < -0.3 is 5.32 Å². The summed E-state index contributed by atoms with van der Waals surface area (Å²) in [6.45, 7) is 0.995.